The van der Waals surface area contributed by atoms with E-state index in [4.69, 9.17) is 4.74 Å². The minimum absolute atomic E-state index is 0.0395. The minimum Gasteiger partial charge on any atom is -0.495 e. The largest absolute Gasteiger partial charge is 0.495 e. The number of nitrogens with zero attached hydrogens (tertiary/aromatic N) is 1. The van der Waals surface area contributed by atoms with E-state index in [0.717, 1.165) is 19.3 Å². The SMILES string of the molecule is COc1ccc(N[C@@H](C)C(=O)NC(C)C)cc1S(=O)(=O)N1CCCCC1. The minimum atomic E-state index is -3.63. The van der Waals surface area contributed by atoms with Gasteiger partial charge in [-0.1, -0.05) is 6.42 Å². The number of benzene rings is 1. The number of carbonyl (C=O) groups is 1. The first kappa shape index (κ1) is 20.5. The monoisotopic (exact) mass is 383 g/mol. The molecule has 1 aliphatic rings. The summed E-state index contributed by atoms with van der Waals surface area (Å²) in [6.45, 7) is 6.57. The van der Waals surface area contributed by atoms with Crippen molar-refractivity contribution in [3.8, 4) is 5.75 Å². The van der Waals surface area contributed by atoms with Gasteiger partial charge in [-0.15, -0.1) is 0 Å². The second-order valence-electron chi connectivity index (χ2n) is 6.86. The summed E-state index contributed by atoms with van der Waals surface area (Å²) in [6, 6.07) is 4.43. The number of carbonyl (C=O) groups excluding carboxylic acids is 1. The Morgan fingerprint density at radius 3 is 2.38 bits per heavy atom. The number of hydrogen-bond acceptors (Lipinski definition) is 5. The third kappa shape index (κ3) is 4.88. The molecule has 8 heteroatoms. The van der Waals surface area contributed by atoms with Crippen LogP contribution >= 0.6 is 0 Å². The van der Waals surface area contributed by atoms with Crippen molar-refractivity contribution in [1.29, 1.82) is 0 Å². The maximum absolute atomic E-state index is 13.0. The summed E-state index contributed by atoms with van der Waals surface area (Å²) in [5.74, 6) is 0.164. The molecule has 2 N–H and O–H groups in total. The van der Waals surface area contributed by atoms with Gasteiger partial charge in [0, 0.05) is 24.8 Å². The number of hydrogen-bond donors (Lipinski definition) is 2. The van der Waals surface area contributed by atoms with Crippen LogP contribution < -0.4 is 15.4 Å². The fourth-order valence-electron chi connectivity index (χ4n) is 2.94. The zero-order valence-electron chi connectivity index (χ0n) is 15.9. The molecule has 146 valence electrons. The second kappa shape index (κ2) is 8.73. The number of methoxy groups -OCH3 is 1. The molecule has 0 bridgehead atoms. The van der Waals surface area contributed by atoms with Crippen LogP contribution in [0, 0.1) is 0 Å². The van der Waals surface area contributed by atoms with Gasteiger partial charge in [0.25, 0.3) is 0 Å². The zero-order valence-corrected chi connectivity index (χ0v) is 16.7. The molecule has 0 unspecified atom stereocenters. The fraction of sp³-hybridized carbons (Fsp3) is 0.611. The maximum atomic E-state index is 13.0. The highest BCUT2D eigenvalue weighted by molar-refractivity contribution is 7.89. The van der Waals surface area contributed by atoms with Gasteiger partial charge in [0.1, 0.15) is 16.7 Å². The number of nitrogens with one attached hydrogen (secondary N) is 2. The summed E-state index contributed by atoms with van der Waals surface area (Å²) in [6.07, 6.45) is 2.78. The second-order valence-corrected chi connectivity index (χ2v) is 8.77. The number of sulfonamides is 1. The normalized spacial score (nSPS) is 17.0. The third-order valence-corrected chi connectivity index (χ3v) is 6.22. The van der Waals surface area contributed by atoms with E-state index in [2.05, 4.69) is 10.6 Å². The number of anilines is 1. The fourth-order valence-corrected chi connectivity index (χ4v) is 4.64. The number of ether oxygens (including phenoxy) is 1. The van der Waals surface area contributed by atoms with Gasteiger partial charge in [0.15, 0.2) is 0 Å². The lowest BCUT2D eigenvalue weighted by molar-refractivity contribution is -0.122. The highest BCUT2D eigenvalue weighted by Gasteiger charge is 2.29. The van der Waals surface area contributed by atoms with Crippen LogP contribution in [0.1, 0.15) is 40.0 Å². The van der Waals surface area contributed by atoms with E-state index in [1.807, 2.05) is 13.8 Å². The molecule has 0 spiro atoms. The predicted molar refractivity (Wildman–Crippen MR) is 102 cm³/mol. The Hall–Kier alpha value is -1.80. The van der Waals surface area contributed by atoms with Crippen LogP contribution in [0.4, 0.5) is 5.69 Å². The van der Waals surface area contributed by atoms with Gasteiger partial charge in [0.2, 0.25) is 15.9 Å². The molecule has 26 heavy (non-hydrogen) atoms. The standard InChI is InChI=1S/C18H29N3O4S/c1-13(2)19-18(22)14(3)20-15-8-9-16(25-4)17(12-15)26(23,24)21-10-6-5-7-11-21/h8-9,12-14,20H,5-7,10-11H2,1-4H3,(H,19,22)/t14-/m0/s1. The first-order valence-electron chi connectivity index (χ1n) is 9.01. The summed E-state index contributed by atoms with van der Waals surface area (Å²) in [5, 5.41) is 5.89. The van der Waals surface area contributed by atoms with Crippen LogP contribution in [0.3, 0.4) is 0 Å². The maximum Gasteiger partial charge on any atom is 0.246 e. The molecular weight excluding hydrogens is 354 g/mol. The summed E-state index contributed by atoms with van der Waals surface area (Å²) in [5.41, 5.74) is 0.563. The Kier molecular flexibility index (Phi) is 6.88. The topological polar surface area (TPSA) is 87.7 Å². The number of amides is 1. The van der Waals surface area contributed by atoms with E-state index in [1.54, 1.807) is 25.1 Å². The average molecular weight is 384 g/mol. The third-order valence-electron chi connectivity index (χ3n) is 4.30. The van der Waals surface area contributed by atoms with Gasteiger partial charge >= 0.3 is 0 Å². The molecule has 0 radical (unpaired) electrons. The molecule has 1 aromatic rings. The van der Waals surface area contributed by atoms with Gasteiger partial charge in [0.05, 0.1) is 7.11 Å². The van der Waals surface area contributed by atoms with Crippen molar-refractivity contribution in [2.45, 2.75) is 57.0 Å². The Labute approximate surface area is 156 Å². The van der Waals surface area contributed by atoms with Gasteiger partial charge < -0.3 is 15.4 Å². The first-order valence-corrected chi connectivity index (χ1v) is 10.4. The first-order chi connectivity index (χ1) is 12.3. The lowest BCUT2D eigenvalue weighted by atomic mass is 10.2. The van der Waals surface area contributed by atoms with E-state index in [9.17, 15) is 13.2 Å². The average Bonchev–Trinajstić information content (AvgIpc) is 2.61. The van der Waals surface area contributed by atoms with Gasteiger partial charge in [-0.25, -0.2) is 8.42 Å². The summed E-state index contributed by atoms with van der Waals surface area (Å²) < 4.78 is 32.8. The van der Waals surface area contributed by atoms with Crippen molar-refractivity contribution in [3.63, 3.8) is 0 Å². The zero-order chi connectivity index (χ0) is 19.3. The number of piperidine rings is 1. The van der Waals surface area contributed by atoms with Gasteiger partial charge in [-0.05, 0) is 51.8 Å². The molecular formula is C18H29N3O4S. The summed E-state index contributed by atoms with van der Waals surface area (Å²) in [4.78, 5) is 12.2. The molecule has 1 atom stereocenters. The lowest BCUT2D eigenvalue weighted by Crippen LogP contribution is -2.41. The quantitative estimate of drug-likeness (QED) is 0.754. The van der Waals surface area contributed by atoms with Crippen molar-refractivity contribution in [2.75, 3.05) is 25.5 Å². The molecule has 1 heterocycles. The Morgan fingerprint density at radius 1 is 1.15 bits per heavy atom. The summed E-state index contributed by atoms with van der Waals surface area (Å²) in [7, 11) is -2.18. The molecule has 0 aromatic heterocycles. The van der Waals surface area contributed by atoms with Gasteiger partial charge in [-0.2, -0.15) is 4.31 Å². The van der Waals surface area contributed by atoms with Crippen molar-refractivity contribution >= 4 is 21.6 Å². The molecule has 1 aromatic carbocycles. The molecule has 1 aliphatic heterocycles. The van der Waals surface area contributed by atoms with Crippen molar-refractivity contribution < 1.29 is 17.9 Å². The molecule has 1 fully saturated rings. The summed E-state index contributed by atoms with van der Waals surface area (Å²) >= 11 is 0. The molecule has 1 saturated heterocycles. The van der Waals surface area contributed by atoms with E-state index in [1.165, 1.54) is 11.4 Å². The van der Waals surface area contributed by atoms with Crippen LogP contribution in [0.25, 0.3) is 0 Å². The smallest absolute Gasteiger partial charge is 0.246 e. The van der Waals surface area contributed by atoms with Crippen LogP contribution in [0.5, 0.6) is 5.75 Å². The molecule has 2 rings (SSSR count). The lowest BCUT2D eigenvalue weighted by Gasteiger charge is -2.27. The van der Waals surface area contributed by atoms with Crippen molar-refractivity contribution in [1.82, 2.24) is 9.62 Å². The molecule has 7 nitrogen and oxygen atoms in total. The van der Waals surface area contributed by atoms with Crippen LogP contribution in [0.2, 0.25) is 0 Å². The molecule has 1 amide bonds. The van der Waals surface area contributed by atoms with E-state index >= 15 is 0 Å². The number of rotatable bonds is 7. The van der Waals surface area contributed by atoms with Crippen molar-refractivity contribution in [3.05, 3.63) is 18.2 Å². The van der Waals surface area contributed by atoms with Gasteiger partial charge in [-0.3, -0.25) is 4.79 Å². The van der Waals surface area contributed by atoms with E-state index in [0.29, 0.717) is 24.5 Å². The van der Waals surface area contributed by atoms with E-state index in [-0.39, 0.29) is 16.8 Å². The van der Waals surface area contributed by atoms with Crippen LogP contribution in [0.15, 0.2) is 23.1 Å². The van der Waals surface area contributed by atoms with E-state index < -0.39 is 16.1 Å². The predicted octanol–water partition coefficient (Wildman–Crippen LogP) is 2.19. The Morgan fingerprint density at radius 2 is 1.81 bits per heavy atom. The highest BCUT2D eigenvalue weighted by atomic mass is 32.2. The molecule has 0 saturated carbocycles. The highest BCUT2D eigenvalue weighted by Crippen LogP contribution is 2.31. The van der Waals surface area contributed by atoms with Crippen molar-refractivity contribution in [2.24, 2.45) is 0 Å². The molecule has 0 aliphatic carbocycles. The Balaban J connectivity index is 2.26. The van der Waals surface area contributed by atoms with Crippen LogP contribution in [-0.2, 0) is 14.8 Å². The Bertz CT molecular complexity index is 728. The van der Waals surface area contributed by atoms with Crippen LogP contribution in [-0.4, -0.2) is 50.9 Å².